The second-order valence-corrected chi connectivity index (χ2v) is 7.67. The highest BCUT2D eigenvalue weighted by Gasteiger charge is 2.07. The smallest absolute Gasteiger partial charge is 0.232 e. The van der Waals surface area contributed by atoms with Crippen molar-refractivity contribution in [2.24, 2.45) is 0 Å². The van der Waals surface area contributed by atoms with Crippen molar-refractivity contribution in [1.82, 2.24) is 0 Å². The Hall–Kier alpha value is -1.92. The largest absolute Gasteiger partial charge is 0.289 e. The summed E-state index contributed by atoms with van der Waals surface area (Å²) in [6.07, 6.45) is 3.23. The average Bonchev–Trinajstić information content (AvgIpc) is 2.54. The van der Waals surface area contributed by atoms with Gasteiger partial charge >= 0.3 is 0 Å². The molecule has 0 fully saturated rings. The minimum atomic E-state index is -3.31. The van der Waals surface area contributed by atoms with Gasteiger partial charge in [0.2, 0.25) is 10.0 Å². The number of hydrogen-bond donors (Lipinski definition) is 1. The van der Waals surface area contributed by atoms with Crippen LogP contribution < -0.4 is 4.72 Å². The number of benzene rings is 2. The van der Waals surface area contributed by atoms with E-state index in [9.17, 15) is 13.2 Å². The molecule has 0 spiro atoms. The number of nitrogens with one attached hydrogen (secondary N) is 1. The predicted octanol–water partition coefficient (Wildman–Crippen LogP) is 4.11. The van der Waals surface area contributed by atoms with Crippen LogP contribution in [-0.4, -0.2) is 20.0 Å². The molecule has 0 amide bonds. The van der Waals surface area contributed by atoms with E-state index in [0.29, 0.717) is 11.3 Å². The van der Waals surface area contributed by atoms with Crippen LogP contribution in [0.25, 0.3) is 6.08 Å². The Labute approximate surface area is 144 Å². The summed E-state index contributed by atoms with van der Waals surface area (Å²) in [7, 11) is -3.31. The third kappa shape index (κ3) is 5.04. The number of hydrogen-bond acceptors (Lipinski definition) is 3. The van der Waals surface area contributed by atoms with Crippen molar-refractivity contribution < 1.29 is 13.2 Å². The molecule has 0 aliphatic rings. The zero-order valence-electron chi connectivity index (χ0n) is 12.5. The Bertz CT molecular complexity index is 827. The van der Waals surface area contributed by atoms with Crippen molar-refractivity contribution in [1.29, 1.82) is 0 Å². The Morgan fingerprint density at radius 3 is 2.39 bits per heavy atom. The van der Waals surface area contributed by atoms with Crippen LogP contribution in [0.3, 0.4) is 0 Å². The topological polar surface area (TPSA) is 63.2 Å². The molecule has 120 valence electrons. The van der Waals surface area contributed by atoms with Crippen molar-refractivity contribution in [3.63, 3.8) is 0 Å². The fourth-order valence-electron chi connectivity index (χ4n) is 1.83. The SMILES string of the molecule is CCS(=O)(=O)Nc1ccc(C(=O)C=Cc2ccccc2Br)cc1. The molecule has 0 aliphatic heterocycles. The van der Waals surface area contributed by atoms with E-state index in [2.05, 4.69) is 20.7 Å². The Morgan fingerprint density at radius 1 is 1.13 bits per heavy atom. The van der Waals surface area contributed by atoms with Gasteiger partial charge in [-0.15, -0.1) is 0 Å². The molecule has 0 heterocycles. The maximum absolute atomic E-state index is 12.1. The lowest BCUT2D eigenvalue weighted by Crippen LogP contribution is -2.14. The van der Waals surface area contributed by atoms with Gasteiger partial charge in [0.1, 0.15) is 0 Å². The molecule has 0 atom stereocenters. The van der Waals surface area contributed by atoms with Crippen LogP contribution in [0, 0.1) is 0 Å². The summed E-state index contributed by atoms with van der Waals surface area (Å²) in [5.74, 6) is -0.145. The number of sulfonamides is 1. The number of carbonyl (C=O) groups excluding carboxylic acids is 1. The number of carbonyl (C=O) groups is 1. The van der Waals surface area contributed by atoms with Gasteiger partial charge < -0.3 is 0 Å². The first kappa shape index (κ1) is 17.4. The maximum atomic E-state index is 12.1. The zero-order chi connectivity index (χ0) is 16.9. The van der Waals surface area contributed by atoms with Gasteiger partial charge in [0, 0.05) is 15.7 Å². The van der Waals surface area contributed by atoms with E-state index in [1.54, 1.807) is 37.3 Å². The average molecular weight is 394 g/mol. The highest BCUT2D eigenvalue weighted by molar-refractivity contribution is 9.10. The molecule has 0 saturated heterocycles. The lowest BCUT2D eigenvalue weighted by atomic mass is 10.1. The molecule has 6 heteroatoms. The summed E-state index contributed by atoms with van der Waals surface area (Å²) >= 11 is 3.42. The van der Waals surface area contributed by atoms with Gasteiger partial charge in [0.05, 0.1) is 5.75 Å². The fourth-order valence-corrected chi connectivity index (χ4v) is 2.88. The molecule has 2 aromatic rings. The third-order valence-electron chi connectivity index (χ3n) is 3.14. The van der Waals surface area contributed by atoms with Crippen LogP contribution in [0.1, 0.15) is 22.8 Å². The van der Waals surface area contributed by atoms with Crippen LogP contribution in [-0.2, 0) is 10.0 Å². The van der Waals surface area contributed by atoms with Gasteiger partial charge in [-0.25, -0.2) is 8.42 Å². The first-order chi connectivity index (χ1) is 10.9. The molecule has 0 unspecified atom stereocenters. The summed E-state index contributed by atoms with van der Waals surface area (Å²) in [6.45, 7) is 1.56. The van der Waals surface area contributed by atoms with Gasteiger partial charge in [-0.05, 0) is 55.0 Å². The zero-order valence-corrected chi connectivity index (χ0v) is 14.9. The van der Waals surface area contributed by atoms with E-state index in [4.69, 9.17) is 0 Å². The van der Waals surface area contributed by atoms with Crippen molar-refractivity contribution >= 4 is 43.5 Å². The highest BCUT2D eigenvalue weighted by atomic mass is 79.9. The van der Waals surface area contributed by atoms with Gasteiger partial charge in [-0.3, -0.25) is 9.52 Å². The molecule has 0 radical (unpaired) electrons. The Kier molecular flexibility index (Phi) is 5.74. The summed E-state index contributed by atoms with van der Waals surface area (Å²) in [5, 5.41) is 0. The molecule has 0 aromatic heterocycles. The molecule has 0 bridgehead atoms. The Balaban J connectivity index is 2.10. The molecule has 0 saturated carbocycles. The van der Waals surface area contributed by atoms with Gasteiger partial charge in [0.15, 0.2) is 5.78 Å². The van der Waals surface area contributed by atoms with Gasteiger partial charge in [-0.1, -0.05) is 34.1 Å². The molecule has 2 aromatic carbocycles. The van der Waals surface area contributed by atoms with Crippen LogP contribution >= 0.6 is 15.9 Å². The number of halogens is 1. The monoisotopic (exact) mass is 393 g/mol. The van der Waals surface area contributed by atoms with Crippen LogP contribution in [0.15, 0.2) is 59.1 Å². The first-order valence-electron chi connectivity index (χ1n) is 6.99. The number of allylic oxidation sites excluding steroid dienone is 1. The molecule has 0 aliphatic carbocycles. The van der Waals surface area contributed by atoms with Crippen LogP contribution in [0.2, 0.25) is 0 Å². The Morgan fingerprint density at radius 2 is 1.78 bits per heavy atom. The van der Waals surface area contributed by atoms with E-state index < -0.39 is 10.0 Å². The fraction of sp³-hybridized carbons (Fsp3) is 0.118. The van der Waals surface area contributed by atoms with E-state index in [0.717, 1.165) is 10.0 Å². The molecular formula is C17H16BrNO3S. The van der Waals surface area contributed by atoms with Gasteiger partial charge in [0.25, 0.3) is 0 Å². The van der Waals surface area contributed by atoms with E-state index in [1.807, 2.05) is 24.3 Å². The standard InChI is InChI=1S/C17H16BrNO3S/c1-2-23(21,22)19-15-10-7-14(8-11-15)17(20)12-9-13-5-3-4-6-16(13)18/h3-12,19H,2H2,1H3. The lowest BCUT2D eigenvalue weighted by molar-refractivity contribution is 0.104. The molecule has 2 rings (SSSR count). The second-order valence-electron chi connectivity index (χ2n) is 4.80. The summed E-state index contributed by atoms with van der Waals surface area (Å²) in [4.78, 5) is 12.1. The number of rotatable bonds is 6. The molecule has 23 heavy (non-hydrogen) atoms. The molecule has 1 N–H and O–H groups in total. The van der Waals surface area contributed by atoms with Crippen molar-refractivity contribution in [2.45, 2.75) is 6.92 Å². The normalized spacial score (nSPS) is 11.6. The summed E-state index contributed by atoms with van der Waals surface area (Å²) < 4.78 is 26.3. The third-order valence-corrected chi connectivity index (χ3v) is 5.17. The first-order valence-corrected chi connectivity index (χ1v) is 9.43. The van der Waals surface area contributed by atoms with E-state index in [-0.39, 0.29) is 11.5 Å². The number of ketones is 1. The molecular weight excluding hydrogens is 378 g/mol. The predicted molar refractivity (Wildman–Crippen MR) is 97.0 cm³/mol. The summed E-state index contributed by atoms with van der Waals surface area (Å²) in [5.41, 5.74) is 1.85. The molecule has 4 nitrogen and oxygen atoms in total. The van der Waals surface area contributed by atoms with Crippen molar-refractivity contribution in [3.8, 4) is 0 Å². The highest BCUT2D eigenvalue weighted by Crippen LogP contribution is 2.18. The number of anilines is 1. The second kappa shape index (κ2) is 7.57. The van der Waals surface area contributed by atoms with Crippen molar-refractivity contribution in [2.75, 3.05) is 10.5 Å². The van der Waals surface area contributed by atoms with Crippen LogP contribution in [0.5, 0.6) is 0 Å². The van der Waals surface area contributed by atoms with Crippen molar-refractivity contribution in [3.05, 3.63) is 70.2 Å². The minimum Gasteiger partial charge on any atom is -0.289 e. The maximum Gasteiger partial charge on any atom is 0.232 e. The lowest BCUT2D eigenvalue weighted by Gasteiger charge is -2.06. The van der Waals surface area contributed by atoms with E-state index >= 15 is 0 Å². The van der Waals surface area contributed by atoms with Crippen LogP contribution in [0.4, 0.5) is 5.69 Å². The summed E-state index contributed by atoms with van der Waals surface area (Å²) in [6, 6.07) is 13.9. The van der Waals surface area contributed by atoms with E-state index in [1.165, 1.54) is 6.08 Å². The van der Waals surface area contributed by atoms with Gasteiger partial charge in [-0.2, -0.15) is 0 Å². The quantitative estimate of drug-likeness (QED) is 0.593. The minimum absolute atomic E-state index is 0.00235.